The third kappa shape index (κ3) is 6.45. The summed E-state index contributed by atoms with van der Waals surface area (Å²) in [6, 6.07) is 5.95. The van der Waals surface area contributed by atoms with Crippen molar-refractivity contribution in [3.8, 4) is 5.75 Å². The largest absolute Gasteiger partial charge is 0.494 e. The van der Waals surface area contributed by atoms with Crippen molar-refractivity contribution in [2.75, 3.05) is 13.2 Å². The molecule has 0 unspecified atom stereocenters. The first kappa shape index (κ1) is 15.0. The van der Waals surface area contributed by atoms with Gasteiger partial charge >= 0.3 is 5.97 Å². The second kappa shape index (κ2) is 7.41. The minimum Gasteiger partial charge on any atom is -0.494 e. The number of benzene rings is 1. The molecule has 0 aliphatic rings. The quantitative estimate of drug-likeness (QED) is 0.735. The second-order valence-corrected chi connectivity index (χ2v) is 4.45. The highest BCUT2D eigenvalue weighted by atomic mass is 16.5. The SMILES string of the molecule is Cc1cc(C)cc(OCCCC(=O)NCC(=O)O)c1. The number of hydrogen-bond acceptors (Lipinski definition) is 3. The molecule has 0 saturated heterocycles. The summed E-state index contributed by atoms with van der Waals surface area (Å²) in [6.45, 7) is 4.10. The predicted octanol–water partition coefficient (Wildman–Crippen LogP) is 1.66. The third-order valence-corrected chi connectivity index (χ3v) is 2.45. The van der Waals surface area contributed by atoms with Crippen LogP contribution >= 0.6 is 0 Å². The van der Waals surface area contributed by atoms with Gasteiger partial charge in [0, 0.05) is 6.42 Å². The highest BCUT2D eigenvalue weighted by Gasteiger charge is 2.04. The Hall–Kier alpha value is -2.04. The van der Waals surface area contributed by atoms with Gasteiger partial charge in [-0.1, -0.05) is 6.07 Å². The molecule has 0 aliphatic carbocycles. The van der Waals surface area contributed by atoms with Crippen molar-refractivity contribution in [1.82, 2.24) is 5.32 Å². The van der Waals surface area contributed by atoms with Crippen LogP contribution in [0.5, 0.6) is 5.75 Å². The second-order valence-electron chi connectivity index (χ2n) is 4.45. The zero-order valence-electron chi connectivity index (χ0n) is 11.2. The van der Waals surface area contributed by atoms with Crippen molar-refractivity contribution in [1.29, 1.82) is 0 Å². The maximum absolute atomic E-state index is 11.2. The molecule has 0 spiro atoms. The first-order valence-electron chi connectivity index (χ1n) is 6.17. The van der Waals surface area contributed by atoms with Crippen LogP contribution in [0.15, 0.2) is 18.2 Å². The molecule has 0 aliphatic heterocycles. The van der Waals surface area contributed by atoms with E-state index in [1.54, 1.807) is 0 Å². The molecule has 0 fully saturated rings. The van der Waals surface area contributed by atoms with Gasteiger partial charge in [-0.05, 0) is 43.5 Å². The van der Waals surface area contributed by atoms with Crippen molar-refractivity contribution in [2.45, 2.75) is 26.7 Å². The summed E-state index contributed by atoms with van der Waals surface area (Å²) in [4.78, 5) is 21.5. The highest BCUT2D eigenvalue weighted by Crippen LogP contribution is 2.16. The van der Waals surface area contributed by atoms with Crippen LogP contribution in [-0.4, -0.2) is 30.1 Å². The summed E-state index contributed by atoms with van der Waals surface area (Å²) in [7, 11) is 0. The number of nitrogens with one attached hydrogen (secondary N) is 1. The molecule has 1 aromatic rings. The zero-order chi connectivity index (χ0) is 14.3. The number of aliphatic carboxylic acids is 1. The minimum atomic E-state index is -1.04. The van der Waals surface area contributed by atoms with Crippen LogP contribution in [0.25, 0.3) is 0 Å². The van der Waals surface area contributed by atoms with Gasteiger partial charge in [0.05, 0.1) is 6.61 Å². The van der Waals surface area contributed by atoms with E-state index in [0.29, 0.717) is 13.0 Å². The average molecular weight is 265 g/mol. The minimum absolute atomic E-state index is 0.262. The van der Waals surface area contributed by atoms with Crippen molar-refractivity contribution < 1.29 is 19.4 Å². The zero-order valence-corrected chi connectivity index (χ0v) is 11.2. The molecule has 0 saturated carbocycles. The Bertz CT molecular complexity index is 437. The van der Waals surface area contributed by atoms with E-state index in [2.05, 4.69) is 11.4 Å². The Morgan fingerprint density at radius 1 is 1.21 bits per heavy atom. The lowest BCUT2D eigenvalue weighted by Crippen LogP contribution is -2.29. The van der Waals surface area contributed by atoms with E-state index in [9.17, 15) is 9.59 Å². The Balaban J connectivity index is 2.23. The van der Waals surface area contributed by atoms with Crippen molar-refractivity contribution in [3.63, 3.8) is 0 Å². The Morgan fingerprint density at radius 2 is 1.84 bits per heavy atom. The Labute approximate surface area is 112 Å². The van der Waals surface area contributed by atoms with E-state index in [4.69, 9.17) is 9.84 Å². The van der Waals surface area contributed by atoms with E-state index < -0.39 is 5.97 Å². The van der Waals surface area contributed by atoms with E-state index in [1.807, 2.05) is 26.0 Å². The topological polar surface area (TPSA) is 75.6 Å². The summed E-state index contributed by atoms with van der Waals surface area (Å²) in [6.07, 6.45) is 0.816. The molecule has 104 valence electrons. The molecule has 0 heterocycles. The number of carbonyl (C=O) groups excluding carboxylic acids is 1. The first-order valence-corrected chi connectivity index (χ1v) is 6.17. The van der Waals surface area contributed by atoms with Crippen LogP contribution in [0.2, 0.25) is 0 Å². The molecular weight excluding hydrogens is 246 g/mol. The lowest BCUT2D eigenvalue weighted by atomic mass is 10.1. The van der Waals surface area contributed by atoms with Gasteiger partial charge in [0.15, 0.2) is 0 Å². The van der Waals surface area contributed by atoms with Gasteiger partial charge in [-0.2, -0.15) is 0 Å². The van der Waals surface area contributed by atoms with Crippen LogP contribution in [-0.2, 0) is 9.59 Å². The van der Waals surface area contributed by atoms with Crippen LogP contribution in [0.1, 0.15) is 24.0 Å². The number of carbonyl (C=O) groups is 2. The summed E-state index contributed by atoms with van der Waals surface area (Å²) < 4.78 is 5.55. The fourth-order valence-electron chi connectivity index (χ4n) is 1.70. The molecule has 5 heteroatoms. The number of rotatable bonds is 7. The van der Waals surface area contributed by atoms with Crippen LogP contribution < -0.4 is 10.1 Å². The molecule has 0 radical (unpaired) electrons. The highest BCUT2D eigenvalue weighted by molar-refractivity contribution is 5.80. The predicted molar refractivity (Wildman–Crippen MR) is 71.3 cm³/mol. The number of ether oxygens (including phenoxy) is 1. The summed E-state index contributed by atoms with van der Waals surface area (Å²) in [5.41, 5.74) is 2.27. The standard InChI is InChI=1S/C14H19NO4/c1-10-6-11(2)8-12(7-10)19-5-3-4-13(16)15-9-14(17)18/h6-8H,3-5,9H2,1-2H3,(H,15,16)(H,17,18). The first-order chi connectivity index (χ1) is 8.97. The van der Waals surface area contributed by atoms with Crippen molar-refractivity contribution in [2.24, 2.45) is 0 Å². The van der Waals surface area contributed by atoms with Gasteiger partial charge in [0.2, 0.25) is 5.91 Å². The number of hydrogen-bond donors (Lipinski definition) is 2. The van der Waals surface area contributed by atoms with Crippen LogP contribution in [0.4, 0.5) is 0 Å². The summed E-state index contributed by atoms with van der Waals surface area (Å²) in [5.74, 6) is -0.519. The average Bonchev–Trinajstić information content (AvgIpc) is 2.31. The smallest absolute Gasteiger partial charge is 0.322 e. The maximum atomic E-state index is 11.2. The van der Waals surface area contributed by atoms with E-state index in [1.165, 1.54) is 0 Å². The molecule has 1 aromatic carbocycles. The summed E-state index contributed by atoms with van der Waals surface area (Å²) >= 11 is 0. The Morgan fingerprint density at radius 3 is 2.42 bits per heavy atom. The van der Waals surface area contributed by atoms with Crippen LogP contribution in [0.3, 0.4) is 0 Å². The normalized spacial score (nSPS) is 10.0. The molecule has 0 atom stereocenters. The summed E-state index contributed by atoms with van der Waals surface area (Å²) in [5, 5.41) is 10.7. The molecule has 1 amide bonds. The molecule has 0 bridgehead atoms. The van der Waals surface area contributed by atoms with Crippen LogP contribution in [0, 0.1) is 13.8 Å². The number of aryl methyl sites for hydroxylation is 2. The van der Waals surface area contributed by atoms with E-state index >= 15 is 0 Å². The van der Waals surface area contributed by atoms with E-state index in [0.717, 1.165) is 16.9 Å². The fourth-order valence-corrected chi connectivity index (χ4v) is 1.70. The number of amides is 1. The van der Waals surface area contributed by atoms with Gasteiger partial charge in [-0.15, -0.1) is 0 Å². The van der Waals surface area contributed by atoms with Crippen molar-refractivity contribution >= 4 is 11.9 Å². The van der Waals surface area contributed by atoms with Gasteiger partial charge in [-0.3, -0.25) is 9.59 Å². The molecule has 19 heavy (non-hydrogen) atoms. The lowest BCUT2D eigenvalue weighted by molar-refractivity contribution is -0.137. The van der Waals surface area contributed by atoms with Gasteiger partial charge in [-0.25, -0.2) is 0 Å². The fraction of sp³-hybridized carbons (Fsp3) is 0.429. The molecule has 0 aromatic heterocycles. The molecule has 5 nitrogen and oxygen atoms in total. The molecular formula is C14H19NO4. The molecule has 1 rings (SSSR count). The maximum Gasteiger partial charge on any atom is 0.322 e. The number of carboxylic acid groups (broad SMARTS) is 1. The lowest BCUT2D eigenvalue weighted by Gasteiger charge is -2.08. The van der Waals surface area contributed by atoms with Gasteiger partial charge < -0.3 is 15.2 Å². The number of carboxylic acids is 1. The van der Waals surface area contributed by atoms with Gasteiger partial charge in [0.25, 0.3) is 0 Å². The van der Waals surface area contributed by atoms with Crippen molar-refractivity contribution in [3.05, 3.63) is 29.3 Å². The monoisotopic (exact) mass is 265 g/mol. The van der Waals surface area contributed by atoms with E-state index in [-0.39, 0.29) is 18.9 Å². The Kier molecular flexibility index (Phi) is 5.85. The third-order valence-electron chi connectivity index (χ3n) is 2.45. The molecule has 2 N–H and O–H groups in total. The van der Waals surface area contributed by atoms with Gasteiger partial charge in [0.1, 0.15) is 12.3 Å².